The summed E-state index contributed by atoms with van der Waals surface area (Å²) in [6.07, 6.45) is 8.07. The number of carbonyl (C=O) groups excluding carboxylic acids is 1. The van der Waals surface area contributed by atoms with E-state index in [2.05, 4.69) is 19.1 Å². The van der Waals surface area contributed by atoms with Crippen molar-refractivity contribution in [1.82, 2.24) is 0 Å². The van der Waals surface area contributed by atoms with E-state index < -0.39 is 5.97 Å². The van der Waals surface area contributed by atoms with Gasteiger partial charge in [0.05, 0.1) is 18.8 Å². The molecular weight excluding hydrogens is 456 g/mol. The number of carboxylic acids is 1. The highest BCUT2D eigenvalue weighted by Gasteiger charge is 2.23. The predicted molar refractivity (Wildman–Crippen MR) is 141 cm³/mol. The molecule has 1 unspecified atom stereocenters. The first-order valence-electron chi connectivity index (χ1n) is 13.3. The Labute approximate surface area is 214 Å². The number of carboxylic acid groups (broad SMARTS) is 1. The molecule has 0 amide bonds. The first kappa shape index (κ1) is 27.6. The van der Waals surface area contributed by atoms with E-state index in [4.69, 9.17) is 14.6 Å². The van der Waals surface area contributed by atoms with E-state index in [1.807, 2.05) is 6.92 Å². The lowest BCUT2D eigenvalue weighted by atomic mass is 9.79. The van der Waals surface area contributed by atoms with Crippen LogP contribution in [0.25, 0.3) is 0 Å². The Morgan fingerprint density at radius 3 is 2.25 bits per heavy atom. The minimum atomic E-state index is -0.722. The van der Waals surface area contributed by atoms with Gasteiger partial charge in [-0.15, -0.1) is 0 Å². The van der Waals surface area contributed by atoms with Gasteiger partial charge in [-0.05, 0) is 86.3 Å². The van der Waals surface area contributed by atoms with Crippen molar-refractivity contribution in [3.05, 3.63) is 52.1 Å². The zero-order chi connectivity index (χ0) is 26.1. The average molecular weight is 497 g/mol. The number of hydrogen-bond donors (Lipinski definition) is 2. The number of aromatic hydroxyl groups is 1. The SMILES string of the molecule is CCCc1c(OCCCOc2ccc3c(c2CCC)CC(CCC(=O)O)CC3)ccc(C(C)=O)c1O. The van der Waals surface area contributed by atoms with Gasteiger partial charge in [0, 0.05) is 18.4 Å². The summed E-state index contributed by atoms with van der Waals surface area (Å²) in [6, 6.07) is 7.65. The Hall–Kier alpha value is -3.02. The van der Waals surface area contributed by atoms with Crippen LogP contribution in [0.4, 0.5) is 0 Å². The Kier molecular flexibility index (Phi) is 10.2. The number of Topliss-reactive ketones (excluding diaryl/α,β-unsaturated/α-hetero) is 1. The molecule has 6 nitrogen and oxygen atoms in total. The highest BCUT2D eigenvalue weighted by Crippen LogP contribution is 2.36. The summed E-state index contributed by atoms with van der Waals surface area (Å²) in [4.78, 5) is 22.8. The number of phenolic OH excluding ortho intramolecular Hbond substituents is 1. The number of aliphatic carboxylic acids is 1. The van der Waals surface area contributed by atoms with Crippen molar-refractivity contribution in [2.75, 3.05) is 13.2 Å². The van der Waals surface area contributed by atoms with Crippen molar-refractivity contribution in [3.8, 4) is 17.2 Å². The number of ether oxygens (including phenoxy) is 2. The van der Waals surface area contributed by atoms with E-state index in [9.17, 15) is 14.7 Å². The summed E-state index contributed by atoms with van der Waals surface area (Å²) in [5.74, 6) is 1.09. The highest BCUT2D eigenvalue weighted by molar-refractivity contribution is 5.97. The summed E-state index contributed by atoms with van der Waals surface area (Å²) >= 11 is 0. The van der Waals surface area contributed by atoms with Gasteiger partial charge < -0.3 is 19.7 Å². The van der Waals surface area contributed by atoms with Crippen molar-refractivity contribution in [2.45, 2.75) is 85.0 Å². The molecule has 0 saturated heterocycles. The molecule has 36 heavy (non-hydrogen) atoms. The molecule has 2 aromatic rings. The summed E-state index contributed by atoms with van der Waals surface area (Å²) in [6.45, 7) is 6.60. The number of aryl methyl sites for hydroxylation is 1. The monoisotopic (exact) mass is 496 g/mol. The molecule has 1 aliphatic rings. The smallest absolute Gasteiger partial charge is 0.303 e. The van der Waals surface area contributed by atoms with Crippen LogP contribution in [0, 0.1) is 5.92 Å². The predicted octanol–water partition coefficient (Wildman–Crippen LogP) is 6.32. The van der Waals surface area contributed by atoms with Crippen molar-refractivity contribution in [1.29, 1.82) is 0 Å². The highest BCUT2D eigenvalue weighted by atomic mass is 16.5. The molecule has 1 aliphatic carbocycles. The van der Waals surface area contributed by atoms with Crippen LogP contribution in [-0.2, 0) is 30.5 Å². The normalized spacial score (nSPS) is 14.8. The van der Waals surface area contributed by atoms with E-state index in [-0.39, 0.29) is 18.0 Å². The molecule has 0 fully saturated rings. The van der Waals surface area contributed by atoms with E-state index >= 15 is 0 Å². The maximum atomic E-state index is 11.8. The quantitative estimate of drug-likeness (QED) is 0.235. The van der Waals surface area contributed by atoms with E-state index in [0.29, 0.717) is 48.8 Å². The molecular formula is C30H40O6. The number of ketones is 1. The molecule has 0 aromatic heterocycles. The van der Waals surface area contributed by atoms with Gasteiger partial charge in [0.15, 0.2) is 5.78 Å². The van der Waals surface area contributed by atoms with Crippen LogP contribution >= 0.6 is 0 Å². The minimum Gasteiger partial charge on any atom is -0.507 e. The lowest BCUT2D eigenvalue weighted by Gasteiger charge is -2.28. The van der Waals surface area contributed by atoms with Gasteiger partial charge in [0.1, 0.15) is 17.2 Å². The van der Waals surface area contributed by atoms with E-state index in [1.165, 1.54) is 23.6 Å². The first-order chi connectivity index (χ1) is 17.3. The second-order valence-electron chi connectivity index (χ2n) is 9.77. The van der Waals surface area contributed by atoms with Crippen LogP contribution in [0.5, 0.6) is 17.2 Å². The molecule has 2 N–H and O–H groups in total. The molecule has 0 aliphatic heterocycles. The Morgan fingerprint density at radius 2 is 1.61 bits per heavy atom. The molecule has 196 valence electrons. The van der Waals surface area contributed by atoms with Crippen LogP contribution in [0.15, 0.2) is 24.3 Å². The molecule has 0 heterocycles. The first-order valence-corrected chi connectivity index (χ1v) is 13.3. The molecule has 6 heteroatoms. The number of benzene rings is 2. The topological polar surface area (TPSA) is 93.1 Å². The van der Waals surface area contributed by atoms with Gasteiger partial charge in [0.25, 0.3) is 0 Å². The van der Waals surface area contributed by atoms with Crippen molar-refractivity contribution < 1.29 is 29.3 Å². The van der Waals surface area contributed by atoms with Crippen LogP contribution < -0.4 is 9.47 Å². The maximum Gasteiger partial charge on any atom is 0.303 e. The van der Waals surface area contributed by atoms with E-state index in [0.717, 1.165) is 50.7 Å². The third-order valence-corrected chi connectivity index (χ3v) is 6.99. The van der Waals surface area contributed by atoms with Crippen LogP contribution in [0.3, 0.4) is 0 Å². The number of rotatable bonds is 14. The summed E-state index contributed by atoms with van der Waals surface area (Å²) < 4.78 is 12.2. The molecule has 0 saturated carbocycles. The van der Waals surface area contributed by atoms with Crippen LogP contribution in [-0.4, -0.2) is 35.2 Å². The fraction of sp³-hybridized carbons (Fsp3) is 0.533. The van der Waals surface area contributed by atoms with Gasteiger partial charge in [-0.3, -0.25) is 9.59 Å². The summed E-state index contributed by atoms with van der Waals surface area (Å²) in [5, 5.41) is 19.6. The lowest BCUT2D eigenvalue weighted by molar-refractivity contribution is -0.137. The molecule has 2 aromatic carbocycles. The van der Waals surface area contributed by atoms with Crippen molar-refractivity contribution in [2.24, 2.45) is 5.92 Å². The molecule has 0 spiro atoms. The number of phenols is 1. The maximum absolute atomic E-state index is 11.8. The van der Waals surface area contributed by atoms with Crippen molar-refractivity contribution in [3.63, 3.8) is 0 Å². The summed E-state index contributed by atoms with van der Waals surface area (Å²) in [7, 11) is 0. The van der Waals surface area contributed by atoms with Crippen LogP contribution in [0.2, 0.25) is 0 Å². The fourth-order valence-corrected chi connectivity index (χ4v) is 5.14. The zero-order valence-electron chi connectivity index (χ0n) is 21.9. The number of carbonyl (C=O) groups is 2. The molecule has 3 rings (SSSR count). The second kappa shape index (κ2) is 13.3. The van der Waals surface area contributed by atoms with Crippen molar-refractivity contribution >= 4 is 11.8 Å². The fourth-order valence-electron chi connectivity index (χ4n) is 5.14. The molecule has 0 bridgehead atoms. The summed E-state index contributed by atoms with van der Waals surface area (Å²) in [5.41, 5.74) is 5.01. The average Bonchev–Trinajstić information content (AvgIpc) is 2.85. The standard InChI is InChI=1S/C30H40O6/c1-4-7-24-26-19-21(10-16-29(32)33)9-11-22(26)12-14-27(24)35-17-6-18-36-28-15-13-23(20(3)31)30(34)25(28)8-5-2/h12-15,21,34H,4-11,16-19H2,1-3H3,(H,32,33). The Morgan fingerprint density at radius 1 is 0.972 bits per heavy atom. The van der Waals surface area contributed by atoms with Gasteiger partial charge in [-0.25, -0.2) is 0 Å². The Bertz CT molecular complexity index is 1060. The van der Waals surface area contributed by atoms with Gasteiger partial charge in [0.2, 0.25) is 0 Å². The number of fused-ring (bicyclic) bond motifs is 1. The molecule has 0 radical (unpaired) electrons. The Balaban J connectivity index is 1.61. The molecule has 1 atom stereocenters. The van der Waals surface area contributed by atoms with Crippen LogP contribution in [0.1, 0.15) is 91.9 Å². The second-order valence-corrected chi connectivity index (χ2v) is 9.77. The lowest BCUT2D eigenvalue weighted by Crippen LogP contribution is -2.18. The minimum absolute atomic E-state index is 0.0259. The van der Waals surface area contributed by atoms with Gasteiger partial charge >= 0.3 is 5.97 Å². The largest absolute Gasteiger partial charge is 0.507 e. The number of hydrogen-bond acceptors (Lipinski definition) is 5. The van der Waals surface area contributed by atoms with E-state index in [1.54, 1.807) is 12.1 Å². The third-order valence-electron chi connectivity index (χ3n) is 6.99. The zero-order valence-corrected chi connectivity index (χ0v) is 21.9. The third kappa shape index (κ3) is 7.02. The van der Waals surface area contributed by atoms with Gasteiger partial charge in [-0.1, -0.05) is 32.8 Å². The van der Waals surface area contributed by atoms with Gasteiger partial charge in [-0.2, -0.15) is 0 Å².